The minimum atomic E-state index is -0.276. The zero-order chi connectivity index (χ0) is 22.6. The predicted octanol–water partition coefficient (Wildman–Crippen LogP) is 4.54. The van der Waals surface area contributed by atoms with Crippen molar-refractivity contribution in [3.63, 3.8) is 0 Å². The molecular formula is C28H27N3O2. The molecule has 0 aliphatic carbocycles. The number of hydrogen-bond donors (Lipinski definition) is 0. The Bertz CT molecular complexity index is 1310. The Labute approximate surface area is 193 Å². The van der Waals surface area contributed by atoms with Crippen LogP contribution >= 0.6 is 0 Å². The van der Waals surface area contributed by atoms with Gasteiger partial charge < -0.3 is 4.90 Å². The number of piperidine rings is 1. The number of pyridine rings is 2. The Morgan fingerprint density at radius 3 is 2.24 bits per heavy atom. The largest absolute Gasteiger partial charge is 0.338 e. The van der Waals surface area contributed by atoms with Gasteiger partial charge in [-0.2, -0.15) is 0 Å². The molecule has 166 valence electrons. The van der Waals surface area contributed by atoms with E-state index in [1.807, 2.05) is 53.4 Å². The number of fused-ring (bicyclic) bond motifs is 1. The van der Waals surface area contributed by atoms with Crippen molar-refractivity contribution in [1.29, 1.82) is 0 Å². The number of rotatable bonds is 5. The van der Waals surface area contributed by atoms with Crippen LogP contribution < -0.4 is 5.56 Å². The Balaban J connectivity index is 1.39. The normalized spacial score (nSPS) is 14.5. The first-order chi connectivity index (χ1) is 16.2. The van der Waals surface area contributed by atoms with E-state index in [4.69, 9.17) is 0 Å². The van der Waals surface area contributed by atoms with Crippen LogP contribution in [0.3, 0.4) is 0 Å². The molecule has 1 fully saturated rings. The standard InChI is InChI=1S/C28H27N3O2/c32-27(30-16-13-22(14-17-30)18-21-8-3-1-4-9-21)25-19-24-12-7-15-29-26(24)31(28(25)33)20-23-10-5-2-6-11-23/h1-12,15,19,22H,13-14,16-18,20H2. The third-order valence-corrected chi connectivity index (χ3v) is 6.53. The Morgan fingerprint density at radius 2 is 1.55 bits per heavy atom. The molecule has 4 aromatic rings. The molecule has 1 amide bonds. The number of amides is 1. The second-order valence-electron chi connectivity index (χ2n) is 8.78. The van der Waals surface area contributed by atoms with Gasteiger partial charge in [0.1, 0.15) is 11.2 Å². The van der Waals surface area contributed by atoms with Gasteiger partial charge in [-0.15, -0.1) is 0 Å². The number of hydrogen-bond acceptors (Lipinski definition) is 3. The molecule has 0 atom stereocenters. The van der Waals surface area contributed by atoms with E-state index in [1.165, 1.54) is 5.56 Å². The van der Waals surface area contributed by atoms with Crippen molar-refractivity contribution >= 4 is 16.9 Å². The molecule has 0 spiro atoms. The maximum atomic E-state index is 13.5. The molecule has 1 saturated heterocycles. The van der Waals surface area contributed by atoms with Crippen LogP contribution in [0.4, 0.5) is 0 Å². The first kappa shape index (κ1) is 21.1. The van der Waals surface area contributed by atoms with E-state index in [0.717, 1.165) is 30.2 Å². The second-order valence-corrected chi connectivity index (χ2v) is 8.78. The highest BCUT2D eigenvalue weighted by Crippen LogP contribution is 2.23. The van der Waals surface area contributed by atoms with E-state index in [9.17, 15) is 9.59 Å². The topological polar surface area (TPSA) is 55.2 Å². The van der Waals surface area contributed by atoms with Crippen molar-refractivity contribution in [3.05, 3.63) is 112 Å². The van der Waals surface area contributed by atoms with E-state index >= 15 is 0 Å². The van der Waals surface area contributed by atoms with Gasteiger partial charge in [0.25, 0.3) is 11.5 Å². The quantitative estimate of drug-likeness (QED) is 0.461. The van der Waals surface area contributed by atoms with Crippen molar-refractivity contribution in [2.45, 2.75) is 25.8 Å². The summed E-state index contributed by atoms with van der Waals surface area (Å²) >= 11 is 0. The lowest BCUT2D eigenvalue weighted by Gasteiger charge is -2.32. The highest BCUT2D eigenvalue weighted by molar-refractivity contribution is 5.97. The molecule has 3 heterocycles. The maximum absolute atomic E-state index is 13.5. The molecule has 33 heavy (non-hydrogen) atoms. The van der Waals surface area contributed by atoms with Crippen molar-refractivity contribution in [2.24, 2.45) is 5.92 Å². The molecule has 5 rings (SSSR count). The molecule has 5 heteroatoms. The first-order valence-corrected chi connectivity index (χ1v) is 11.5. The van der Waals surface area contributed by atoms with Crippen LogP contribution in [-0.2, 0) is 13.0 Å². The molecule has 0 bridgehead atoms. The van der Waals surface area contributed by atoms with Crippen molar-refractivity contribution < 1.29 is 4.79 Å². The van der Waals surface area contributed by atoms with Gasteiger partial charge in [-0.05, 0) is 54.5 Å². The average Bonchev–Trinajstić information content (AvgIpc) is 2.87. The number of aromatic nitrogens is 2. The molecule has 2 aromatic heterocycles. The van der Waals surface area contributed by atoms with Gasteiger partial charge in [0.15, 0.2) is 0 Å². The number of benzene rings is 2. The fraction of sp³-hybridized carbons (Fsp3) is 0.250. The lowest BCUT2D eigenvalue weighted by atomic mass is 9.90. The van der Waals surface area contributed by atoms with E-state index in [2.05, 4.69) is 29.2 Å². The summed E-state index contributed by atoms with van der Waals surface area (Å²) in [5, 5.41) is 0.801. The van der Waals surface area contributed by atoms with Crippen LogP contribution in [0.1, 0.15) is 34.3 Å². The minimum absolute atomic E-state index is 0.175. The molecule has 0 N–H and O–H groups in total. The minimum Gasteiger partial charge on any atom is -0.338 e. The number of likely N-dealkylation sites (tertiary alicyclic amines) is 1. The summed E-state index contributed by atoms with van der Waals surface area (Å²) in [5.74, 6) is 0.387. The van der Waals surface area contributed by atoms with Gasteiger partial charge in [-0.25, -0.2) is 4.98 Å². The lowest BCUT2D eigenvalue weighted by Crippen LogP contribution is -2.42. The molecule has 1 aliphatic rings. The van der Waals surface area contributed by atoms with E-state index in [-0.39, 0.29) is 17.0 Å². The number of nitrogens with zero attached hydrogens (tertiary/aromatic N) is 3. The smallest absolute Gasteiger partial charge is 0.265 e. The maximum Gasteiger partial charge on any atom is 0.265 e. The number of carbonyl (C=O) groups is 1. The highest BCUT2D eigenvalue weighted by Gasteiger charge is 2.26. The van der Waals surface area contributed by atoms with Crippen molar-refractivity contribution in [3.8, 4) is 0 Å². The molecular weight excluding hydrogens is 410 g/mol. The van der Waals surface area contributed by atoms with Crippen molar-refractivity contribution in [1.82, 2.24) is 14.5 Å². The SMILES string of the molecule is O=C(c1cc2cccnc2n(Cc2ccccc2)c1=O)N1CCC(Cc2ccccc2)CC1. The van der Waals surface area contributed by atoms with E-state index < -0.39 is 0 Å². The molecule has 0 unspecified atom stereocenters. The van der Waals surface area contributed by atoms with Gasteiger partial charge in [0.2, 0.25) is 0 Å². The fourth-order valence-corrected chi connectivity index (χ4v) is 4.73. The molecule has 2 aromatic carbocycles. The average molecular weight is 438 g/mol. The third-order valence-electron chi connectivity index (χ3n) is 6.53. The van der Waals surface area contributed by atoms with E-state index in [1.54, 1.807) is 16.8 Å². The molecule has 0 saturated carbocycles. The van der Waals surface area contributed by atoms with Gasteiger partial charge in [-0.3, -0.25) is 14.2 Å². The van der Waals surface area contributed by atoms with Gasteiger partial charge in [-0.1, -0.05) is 60.7 Å². The predicted molar refractivity (Wildman–Crippen MR) is 130 cm³/mol. The zero-order valence-corrected chi connectivity index (χ0v) is 18.6. The number of carbonyl (C=O) groups excluding carboxylic acids is 1. The second kappa shape index (κ2) is 9.41. The Kier molecular flexibility index (Phi) is 6.03. The van der Waals surface area contributed by atoms with Crippen LogP contribution in [-0.4, -0.2) is 33.4 Å². The van der Waals surface area contributed by atoms with Crippen molar-refractivity contribution in [2.75, 3.05) is 13.1 Å². The third kappa shape index (κ3) is 4.58. The van der Waals surface area contributed by atoms with Gasteiger partial charge >= 0.3 is 0 Å². The molecule has 5 nitrogen and oxygen atoms in total. The molecule has 1 aliphatic heterocycles. The van der Waals surface area contributed by atoms with Crippen LogP contribution in [0.25, 0.3) is 11.0 Å². The summed E-state index contributed by atoms with van der Waals surface area (Å²) in [6.07, 6.45) is 4.62. The Hall–Kier alpha value is -3.73. The summed E-state index contributed by atoms with van der Waals surface area (Å²) in [6.45, 7) is 1.74. The van der Waals surface area contributed by atoms with Crippen LogP contribution in [0.15, 0.2) is 89.9 Å². The van der Waals surface area contributed by atoms with Gasteiger partial charge in [0.05, 0.1) is 6.54 Å². The summed E-state index contributed by atoms with van der Waals surface area (Å²) in [7, 11) is 0. The lowest BCUT2D eigenvalue weighted by molar-refractivity contribution is 0.0688. The molecule has 0 radical (unpaired) electrons. The van der Waals surface area contributed by atoms with Crippen LogP contribution in [0.2, 0.25) is 0 Å². The summed E-state index contributed by atoms with van der Waals surface area (Å²) in [6, 6.07) is 25.8. The van der Waals surface area contributed by atoms with Crippen LogP contribution in [0.5, 0.6) is 0 Å². The summed E-state index contributed by atoms with van der Waals surface area (Å²) in [5.41, 5.74) is 2.89. The fourth-order valence-electron chi connectivity index (χ4n) is 4.73. The highest BCUT2D eigenvalue weighted by atomic mass is 16.2. The van der Waals surface area contributed by atoms with Crippen LogP contribution in [0, 0.1) is 5.92 Å². The zero-order valence-electron chi connectivity index (χ0n) is 18.6. The Morgan fingerprint density at radius 1 is 0.879 bits per heavy atom. The summed E-state index contributed by atoms with van der Waals surface area (Å²) in [4.78, 5) is 33.2. The summed E-state index contributed by atoms with van der Waals surface area (Å²) < 4.78 is 1.63. The van der Waals surface area contributed by atoms with Gasteiger partial charge in [0, 0.05) is 24.7 Å². The first-order valence-electron chi connectivity index (χ1n) is 11.5. The van der Waals surface area contributed by atoms with E-state index in [0.29, 0.717) is 31.2 Å². The monoisotopic (exact) mass is 437 g/mol.